The van der Waals surface area contributed by atoms with Crippen molar-refractivity contribution in [3.05, 3.63) is 35.5 Å². The number of amides is 1. The highest BCUT2D eigenvalue weighted by Crippen LogP contribution is 2.22. The maximum absolute atomic E-state index is 12.7. The summed E-state index contributed by atoms with van der Waals surface area (Å²) in [7, 11) is 1.61. The Hall–Kier alpha value is -2.18. The van der Waals surface area contributed by atoms with Crippen molar-refractivity contribution in [2.75, 3.05) is 20.3 Å². The maximum Gasteiger partial charge on any atom is 0.253 e. The van der Waals surface area contributed by atoms with Gasteiger partial charge in [-0.05, 0) is 44.0 Å². The fraction of sp³-hybridized carbons (Fsp3) is 0.444. The van der Waals surface area contributed by atoms with Crippen LogP contribution >= 0.6 is 0 Å². The van der Waals surface area contributed by atoms with Gasteiger partial charge in [-0.2, -0.15) is 0 Å². The van der Waals surface area contributed by atoms with E-state index in [1.807, 2.05) is 0 Å². The van der Waals surface area contributed by atoms with Crippen molar-refractivity contribution in [2.45, 2.75) is 31.9 Å². The van der Waals surface area contributed by atoms with Crippen LogP contribution in [0.15, 0.2) is 24.3 Å². The molecular weight excluding hydrogens is 308 g/mol. The molecule has 1 aromatic heterocycles. The molecule has 1 fully saturated rings. The Labute approximate surface area is 140 Å². The number of rotatable bonds is 5. The van der Waals surface area contributed by atoms with Crippen molar-refractivity contribution < 1.29 is 19.4 Å². The topological polar surface area (TPSA) is 80.7 Å². The normalized spacial score (nSPS) is 18.7. The lowest BCUT2D eigenvalue weighted by atomic mass is 10.1. The number of aromatic hydroxyl groups is 1. The number of hydrogen-bond donors (Lipinski definition) is 2. The average molecular weight is 330 g/mol. The number of hydrogen-bond acceptors (Lipinski definition) is 5. The summed E-state index contributed by atoms with van der Waals surface area (Å²) in [5.41, 5.74) is 1.89. The second kappa shape index (κ2) is 7.15. The van der Waals surface area contributed by atoms with E-state index in [0.29, 0.717) is 17.9 Å². The molecule has 1 saturated heterocycles. The van der Waals surface area contributed by atoms with Gasteiger partial charge in [0.1, 0.15) is 5.75 Å². The highest BCUT2D eigenvalue weighted by molar-refractivity contribution is 5.99. The molecule has 0 saturated carbocycles. The van der Waals surface area contributed by atoms with Crippen LogP contribution in [0, 0.1) is 6.92 Å². The van der Waals surface area contributed by atoms with Gasteiger partial charge in [0.05, 0.1) is 35.5 Å². The molecule has 2 heterocycles. The molecule has 6 heteroatoms. The van der Waals surface area contributed by atoms with Crippen LogP contribution in [0.1, 0.15) is 28.9 Å². The molecule has 1 amide bonds. The fourth-order valence-electron chi connectivity index (χ4n) is 3.08. The summed E-state index contributed by atoms with van der Waals surface area (Å²) in [5, 5.41) is 13.4. The van der Waals surface area contributed by atoms with E-state index in [1.165, 1.54) is 0 Å². The molecule has 3 rings (SSSR count). The van der Waals surface area contributed by atoms with Crippen molar-refractivity contribution in [1.29, 1.82) is 0 Å². The quantitative estimate of drug-likeness (QED) is 0.878. The smallest absolute Gasteiger partial charge is 0.253 e. The molecule has 2 N–H and O–H groups in total. The Morgan fingerprint density at radius 3 is 3.04 bits per heavy atom. The van der Waals surface area contributed by atoms with E-state index in [9.17, 15) is 9.90 Å². The molecule has 0 spiro atoms. The Balaban J connectivity index is 1.85. The van der Waals surface area contributed by atoms with Gasteiger partial charge >= 0.3 is 0 Å². The molecule has 24 heavy (non-hydrogen) atoms. The van der Waals surface area contributed by atoms with Gasteiger partial charge in [0.25, 0.3) is 5.91 Å². The predicted molar refractivity (Wildman–Crippen MR) is 90.2 cm³/mol. The van der Waals surface area contributed by atoms with Crippen LogP contribution in [0.3, 0.4) is 0 Å². The standard InChI is InChI=1S/C18H22N2O4/c1-11-14(9-12-8-13(21)5-6-15(12)19-11)18(22)20-16(10-23-2)17-4-3-7-24-17/h5-6,8-9,16-17,21H,3-4,7,10H2,1-2H3,(H,20,22). The first-order valence-corrected chi connectivity index (χ1v) is 8.10. The van der Waals surface area contributed by atoms with E-state index in [1.54, 1.807) is 38.3 Å². The zero-order valence-corrected chi connectivity index (χ0v) is 13.9. The van der Waals surface area contributed by atoms with Crippen molar-refractivity contribution in [3.8, 4) is 5.75 Å². The van der Waals surface area contributed by atoms with Gasteiger partial charge in [0, 0.05) is 19.1 Å². The highest BCUT2D eigenvalue weighted by atomic mass is 16.5. The second-order valence-electron chi connectivity index (χ2n) is 6.09. The van der Waals surface area contributed by atoms with Gasteiger partial charge in [-0.1, -0.05) is 0 Å². The fourth-order valence-corrected chi connectivity index (χ4v) is 3.08. The van der Waals surface area contributed by atoms with E-state index in [2.05, 4.69) is 10.3 Å². The maximum atomic E-state index is 12.7. The third-order valence-corrected chi connectivity index (χ3v) is 4.31. The number of fused-ring (bicyclic) bond motifs is 1. The number of nitrogens with zero attached hydrogens (tertiary/aromatic N) is 1. The minimum atomic E-state index is -0.206. The number of phenolic OH excluding ortho intramolecular Hbond substituents is 1. The Morgan fingerprint density at radius 1 is 1.50 bits per heavy atom. The molecule has 0 aliphatic carbocycles. The molecule has 1 aliphatic heterocycles. The molecular formula is C18H22N2O4. The lowest BCUT2D eigenvalue weighted by Gasteiger charge is -2.23. The SMILES string of the molecule is COCC(NC(=O)c1cc2cc(O)ccc2nc1C)C1CCCO1. The van der Waals surface area contributed by atoms with Crippen molar-refractivity contribution in [2.24, 2.45) is 0 Å². The van der Waals surface area contributed by atoms with Crippen LogP contribution in [-0.2, 0) is 9.47 Å². The van der Waals surface area contributed by atoms with Crippen LogP contribution in [0.4, 0.5) is 0 Å². The van der Waals surface area contributed by atoms with Crippen molar-refractivity contribution in [3.63, 3.8) is 0 Å². The molecule has 128 valence electrons. The van der Waals surface area contributed by atoms with Crippen LogP contribution in [0.25, 0.3) is 10.9 Å². The van der Waals surface area contributed by atoms with Crippen molar-refractivity contribution in [1.82, 2.24) is 10.3 Å². The van der Waals surface area contributed by atoms with E-state index in [-0.39, 0.29) is 23.8 Å². The first-order valence-electron chi connectivity index (χ1n) is 8.10. The molecule has 2 unspecified atom stereocenters. The number of ether oxygens (including phenoxy) is 2. The number of benzene rings is 1. The van der Waals surface area contributed by atoms with Gasteiger partial charge in [-0.3, -0.25) is 9.78 Å². The number of carbonyl (C=O) groups excluding carboxylic acids is 1. The van der Waals surface area contributed by atoms with E-state index in [0.717, 1.165) is 30.4 Å². The Morgan fingerprint density at radius 2 is 2.33 bits per heavy atom. The van der Waals surface area contributed by atoms with Gasteiger partial charge < -0.3 is 19.9 Å². The Kier molecular flexibility index (Phi) is 4.97. The highest BCUT2D eigenvalue weighted by Gasteiger charge is 2.28. The summed E-state index contributed by atoms with van der Waals surface area (Å²) < 4.78 is 10.9. The number of phenols is 1. The molecule has 0 bridgehead atoms. The summed E-state index contributed by atoms with van der Waals surface area (Å²) >= 11 is 0. The van der Waals surface area contributed by atoms with Gasteiger partial charge in [-0.15, -0.1) is 0 Å². The zero-order valence-electron chi connectivity index (χ0n) is 13.9. The molecule has 0 radical (unpaired) electrons. The van der Waals surface area contributed by atoms with E-state index in [4.69, 9.17) is 9.47 Å². The number of aromatic nitrogens is 1. The largest absolute Gasteiger partial charge is 0.508 e. The zero-order chi connectivity index (χ0) is 17.1. The number of nitrogens with one attached hydrogen (secondary N) is 1. The van der Waals surface area contributed by atoms with Crippen LogP contribution < -0.4 is 5.32 Å². The van der Waals surface area contributed by atoms with Crippen LogP contribution in [-0.4, -0.2) is 48.5 Å². The summed E-state index contributed by atoms with van der Waals surface area (Å²) in [6, 6.07) is 6.49. The van der Waals surface area contributed by atoms with Gasteiger partial charge in [0.2, 0.25) is 0 Å². The third-order valence-electron chi connectivity index (χ3n) is 4.31. The Bertz CT molecular complexity index is 741. The van der Waals surface area contributed by atoms with E-state index < -0.39 is 0 Å². The molecule has 1 aromatic carbocycles. The van der Waals surface area contributed by atoms with Crippen molar-refractivity contribution >= 4 is 16.8 Å². The summed E-state index contributed by atoms with van der Waals surface area (Å²) in [6.07, 6.45) is 1.89. The summed E-state index contributed by atoms with van der Waals surface area (Å²) in [5.74, 6) is -0.0566. The van der Waals surface area contributed by atoms with Crippen LogP contribution in [0.5, 0.6) is 5.75 Å². The number of methoxy groups -OCH3 is 1. The first kappa shape index (κ1) is 16.7. The molecule has 2 aromatic rings. The minimum Gasteiger partial charge on any atom is -0.508 e. The lowest BCUT2D eigenvalue weighted by Crippen LogP contribution is -2.46. The predicted octanol–water partition coefficient (Wildman–Crippen LogP) is 2.17. The van der Waals surface area contributed by atoms with E-state index >= 15 is 0 Å². The monoisotopic (exact) mass is 330 g/mol. The number of carbonyl (C=O) groups is 1. The lowest BCUT2D eigenvalue weighted by molar-refractivity contribution is 0.0403. The second-order valence-corrected chi connectivity index (χ2v) is 6.09. The molecule has 6 nitrogen and oxygen atoms in total. The van der Waals surface area contributed by atoms with Gasteiger partial charge in [-0.25, -0.2) is 0 Å². The third kappa shape index (κ3) is 3.49. The first-order chi connectivity index (χ1) is 11.6. The van der Waals surface area contributed by atoms with Crippen LogP contribution in [0.2, 0.25) is 0 Å². The number of pyridine rings is 1. The summed E-state index contributed by atoms with van der Waals surface area (Å²) in [6.45, 7) is 2.92. The number of aryl methyl sites for hydroxylation is 1. The minimum absolute atomic E-state index is 0.0216. The average Bonchev–Trinajstić information content (AvgIpc) is 3.08. The van der Waals surface area contributed by atoms with Gasteiger partial charge in [0.15, 0.2) is 0 Å². The molecule has 2 atom stereocenters. The molecule has 1 aliphatic rings. The summed E-state index contributed by atoms with van der Waals surface area (Å²) in [4.78, 5) is 17.2.